The van der Waals surface area contributed by atoms with Crippen LogP contribution in [0.25, 0.3) is 0 Å². The van der Waals surface area contributed by atoms with Gasteiger partial charge in [0, 0.05) is 25.0 Å². The fourth-order valence-electron chi connectivity index (χ4n) is 1.86. The van der Waals surface area contributed by atoms with Crippen molar-refractivity contribution in [3.8, 4) is 0 Å². The molecule has 0 aromatic heterocycles. The number of benzene rings is 1. The quantitative estimate of drug-likeness (QED) is 0.792. The Morgan fingerprint density at radius 2 is 2.05 bits per heavy atom. The summed E-state index contributed by atoms with van der Waals surface area (Å²) in [6, 6.07) is 5.79. The van der Waals surface area contributed by atoms with E-state index in [4.69, 9.17) is 23.2 Å². The first-order valence-corrected chi connectivity index (χ1v) is 7.29. The first kappa shape index (κ1) is 14.6. The molecule has 1 aliphatic carbocycles. The molecule has 0 radical (unpaired) electrons. The fourth-order valence-corrected chi connectivity index (χ4v) is 2.17. The second-order valence-electron chi connectivity index (χ2n) is 4.91. The van der Waals surface area contributed by atoms with Gasteiger partial charge in [0.15, 0.2) is 0 Å². The zero-order valence-electron chi connectivity index (χ0n) is 10.9. The maximum atomic E-state index is 11.4. The van der Waals surface area contributed by atoms with Crippen LogP contribution in [0.4, 0.5) is 0 Å². The lowest BCUT2D eigenvalue weighted by Crippen LogP contribution is -2.33. The van der Waals surface area contributed by atoms with Crippen LogP contribution in [0.15, 0.2) is 18.2 Å². The van der Waals surface area contributed by atoms with Crippen LogP contribution in [0, 0.1) is 5.92 Å². The van der Waals surface area contributed by atoms with Gasteiger partial charge in [-0.15, -0.1) is 0 Å². The first-order chi connectivity index (χ1) is 9.08. The molecule has 0 saturated heterocycles. The predicted molar refractivity (Wildman–Crippen MR) is 78.6 cm³/mol. The number of halogens is 2. The van der Waals surface area contributed by atoms with Crippen LogP contribution in [0.5, 0.6) is 0 Å². The van der Waals surface area contributed by atoms with Crippen molar-refractivity contribution in [2.75, 3.05) is 13.1 Å². The molecule has 1 unspecified atom stereocenters. The van der Waals surface area contributed by atoms with E-state index in [1.165, 1.54) is 0 Å². The standard InChI is InChI=1S/C14H18Cl2N2O/c1-9(11-4-5-12(15)13(16)8-11)17-6-7-18-14(19)10-2-3-10/h4-5,8-10,17H,2-3,6-7H2,1H3,(H,18,19). The summed E-state index contributed by atoms with van der Waals surface area (Å²) in [5, 5.41) is 7.40. The minimum Gasteiger partial charge on any atom is -0.355 e. The topological polar surface area (TPSA) is 41.1 Å². The third-order valence-corrected chi connectivity index (χ3v) is 4.01. The zero-order valence-corrected chi connectivity index (χ0v) is 12.4. The molecule has 19 heavy (non-hydrogen) atoms. The number of hydrogen-bond donors (Lipinski definition) is 2. The molecule has 0 spiro atoms. The smallest absolute Gasteiger partial charge is 0.223 e. The van der Waals surface area contributed by atoms with Gasteiger partial charge in [-0.1, -0.05) is 29.3 Å². The second-order valence-corrected chi connectivity index (χ2v) is 5.73. The fraction of sp³-hybridized carbons (Fsp3) is 0.500. The van der Waals surface area contributed by atoms with Crippen molar-refractivity contribution in [3.63, 3.8) is 0 Å². The van der Waals surface area contributed by atoms with E-state index in [0.29, 0.717) is 16.6 Å². The number of hydrogen-bond acceptors (Lipinski definition) is 2. The maximum Gasteiger partial charge on any atom is 0.223 e. The van der Waals surface area contributed by atoms with Gasteiger partial charge >= 0.3 is 0 Å². The first-order valence-electron chi connectivity index (χ1n) is 6.54. The summed E-state index contributed by atoms with van der Waals surface area (Å²) in [6.45, 7) is 3.45. The van der Waals surface area contributed by atoms with E-state index in [0.717, 1.165) is 24.9 Å². The van der Waals surface area contributed by atoms with Crippen molar-refractivity contribution in [1.82, 2.24) is 10.6 Å². The summed E-state index contributed by atoms with van der Waals surface area (Å²) in [5.74, 6) is 0.455. The van der Waals surface area contributed by atoms with Gasteiger partial charge in [-0.25, -0.2) is 0 Å². The molecule has 3 nitrogen and oxygen atoms in total. The average Bonchev–Trinajstić information content (AvgIpc) is 3.21. The van der Waals surface area contributed by atoms with Gasteiger partial charge in [0.05, 0.1) is 10.0 Å². The van der Waals surface area contributed by atoms with Crippen LogP contribution >= 0.6 is 23.2 Å². The molecule has 0 bridgehead atoms. The van der Waals surface area contributed by atoms with E-state index in [1.54, 1.807) is 6.07 Å². The highest BCUT2D eigenvalue weighted by molar-refractivity contribution is 6.42. The minimum atomic E-state index is 0.174. The maximum absolute atomic E-state index is 11.4. The number of rotatable bonds is 6. The third kappa shape index (κ3) is 4.37. The lowest BCUT2D eigenvalue weighted by Gasteiger charge is -2.15. The SMILES string of the molecule is CC(NCCNC(=O)C1CC1)c1ccc(Cl)c(Cl)c1. The van der Waals surface area contributed by atoms with Gasteiger partial charge in [-0.05, 0) is 37.5 Å². The normalized spacial score (nSPS) is 16.2. The highest BCUT2D eigenvalue weighted by Gasteiger charge is 2.28. The molecule has 1 saturated carbocycles. The predicted octanol–water partition coefficient (Wildman–Crippen LogP) is 3.17. The van der Waals surface area contributed by atoms with E-state index in [9.17, 15) is 4.79 Å². The van der Waals surface area contributed by atoms with Crippen LogP contribution in [0.2, 0.25) is 10.0 Å². The Labute approximate surface area is 123 Å². The van der Waals surface area contributed by atoms with Crippen molar-refractivity contribution in [2.45, 2.75) is 25.8 Å². The Kier molecular flexibility index (Phi) is 5.08. The van der Waals surface area contributed by atoms with Crippen molar-refractivity contribution in [2.24, 2.45) is 5.92 Å². The molecule has 1 aliphatic rings. The Morgan fingerprint density at radius 1 is 1.32 bits per heavy atom. The molecule has 1 aromatic rings. The summed E-state index contributed by atoms with van der Waals surface area (Å²) in [6.07, 6.45) is 2.08. The second kappa shape index (κ2) is 6.60. The molecule has 1 aromatic carbocycles. The molecular formula is C14H18Cl2N2O. The highest BCUT2D eigenvalue weighted by Crippen LogP contribution is 2.28. The molecule has 0 aliphatic heterocycles. The van der Waals surface area contributed by atoms with Gasteiger partial charge in [0.2, 0.25) is 5.91 Å². The van der Waals surface area contributed by atoms with Crippen molar-refractivity contribution in [3.05, 3.63) is 33.8 Å². The number of carbonyl (C=O) groups is 1. The zero-order chi connectivity index (χ0) is 13.8. The number of nitrogens with one attached hydrogen (secondary N) is 2. The summed E-state index contributed by atoms with van der Waals surface area (Å²) in [7, 11) is 0. The van der Waals surface area contributed by atoms with E-state index >= 15 is 0 Å². The van der Waals surface area contributed by atoms with E-state index in [2.05, 4.69) is 17.6 Å². The van der Waals surface area contributed by atoms with E-state index < -0.39 is 0 Å². The Bertz CT molecular complexity index is 461. The monoisotopic (exact) mass is 300 g/mol. The Morgan fingerprint density at radius 3 is 2.68 bits per heavy atom. The van der Waals surface area contributed by atoms with Crippen LogP contribution in [-0.4, -0.2) is 19.0 Å². The van der Waals surface area contributed by atoms with Crippen LogP contribution in [0.3, 0.4) is 0 Å². The Hall–Kier alpha value is -0.770. The Balaban J connectivity index is 1.72. The average molecular weight is 301 g/mol. The van der Waals surface area contributed by atoms with Crippen molar-refractivity contribution >= 4 is 29.1 Å². The molecule has 1 atom stereocenters. The van der Waals surface area contributed by atoms with Gasteiger partial charge in [-0.2, -0.15) is 0 Å². The number of amides is 1. The molecule has 1 amide bonds. The minimum absolute atomic E-state index is 0.174. The third-order valence-electron chi connectivity index (χ3n) is 3.27. The van der Waals surface area contributed by atoms with E-state index in [-0.39, 0.29) is 17.9 Å². The van der Waals surface area contributed by atoms with Crippen LogP contribution in [0.1, 0.15) is 31.4 Å². The molecule has 104 valence electrons. The molecule has 2 N–H and O–H groups in total. The molecule has 5 heteroatoms. The molecule has 1 fully saturated rings. The molecule has 0 heterocycles. The van der Waals surface area contributed by atoms with Gasteiger partial charge in [0.1, 0.15) is 0 Å². The number of carbonyl (C=O) groups excluding carboxylic acids is 1. The van der Waals surface area contributed by atoms with Crippen molar-refractivity contribution < 1.29 is 4.79 Å². The van der Waals surface area contributed by atoms with Gasteiger partial charge in [0.25, 0.3) is 0 Å². The van der Waals surface area contributed by atoms with Gasteiger partial charge < -0.3 is 10.6 Å². The summed E-state index contributed by atoms with van der Waals surface area (Å²) < 4.78 is 0. The van der Waals surface area contributed by atoms with Crippen LogP contribution < -0.4 is 10.6 Å². The van der Waals surface area contributed by atoms with Crippen molar-refractivity contribution in [1.29, 1.82) is 0 Å². The molecular weight excluding hydrogens is 283 g/mol. The summed E-state index contributed by atoms with van der Waals surface area (Å²) in [4.78, 5) is 11.4. The molecule has 2 rings (SSSR count). The van der Waals surface area contributed by atoms with E-state index in [1.807, 2.05) is 12.1 Å². The summed E-state index contributed by atoms with van der Waals surface area (Å²) >= 11 is 11.9. The highest BCUT2D eigenvalue weighted by atomic mass is 35.5. The largest absolute Gasteiger partial charge is 0.355 e. The van der Waals surface area contributed by atoms with Crippen LogP contribution in [-0.2, 0) is 4.79 Å². The van der Waals surface area contributed by atoms with Gasteiger partial charge in [-0.3, -0.25) is 4.79 Å². The lowest BCUT2D eigenvalue weighted by atomic mass is 10.1. The summed E-state index contributed by atoms with van der Waals surface area (Å²) in [5.41, 5.74) is 1.09. The lowest BCUT2D eigenvalue weighted by molar-refractivity contribution is -0.122.